The first-order valence-corrected chi connectivity index (χ1v) is 11.4. The molecular formula is C27H23NO5. The third-order valence-electron chi connectivity index (χ3n) is 7.71. The molecule has 2 aromatic carbocycles. The standard InChI is InChI=1S/C27H23NO5/c1-14-5-7-15(8-6-14)22(29)13-33-27(32)16-3-2-4-17(11-16)28-25(30)23-18-9-10-19(21-12-20(18)21)24(23)26(28)31/h2-11,18-21,23-24H,12-13H2,1H3/t18-,19-,20-,21+,23+,24+/m0/s1. The maximum absolute atomic E-state index is 13.3. The SMILES string of the molecule is Cc1ccc(C(=O)COC(=O)c2cccc(N3C(=O)[C@@H]4[C@H]5C=C[C@@H]([C@@H]6C[C@H]56)[C@H]4C3=O)c2)cc1. The lowest BCUT2D eigenvalue weighted by molar-refractivity contribution is -0.124. The highest BCUT2D eigenvalue weighted by Gasteiger charge is 2.67. The lowest BCUT2D eigenvalue weighted by atomic mass is 9.63. The van der Waals surface area contributed by atoms with Crippen LogP contribution in [0.25, 0.3) is 0 Å². The minimum atomic E-state index is -0.670. The van der Waals surface area contributed by atoms with Crippen LogP contribution in [0.1, 0.15) is 32.7 Å². The van der Waals surface area contributed by atoms with Crippen LogP contribution in [0.4, 0.5) is 5.69 Å². The largest absolute Gasteiger partial charge is 0.454 e. The number of allylic oxidation sites excluding steroid dienone is 2. The van der Waals surface area contributed by atoms with E-state index in [0.29, 0.717) is 23.1 Å². The predicted octanol–water partition coefficient (Wildman–Crippen LogP) is 3.59. The Balaban J connectivity index is 1.18. The molecule has 0 radical (unpaired) electrons. The number of esters is 1. The topological polar surface area (TPSA) is 80.8 Å². The molecule has 33 heavy (non-hydrogen) atoms. The highest BCUT2D eigenvalue weighted by Crippen LogP contribution is 2.65. The van der Waals surface area contributed by atoms with Crippen molar-refractivity contribution in [2.24, 2.45) is 35.5 Å². The van der Waals surface area contributed by atoms with Gasteiger partial charge in [-0.2, -0.15) is 0 Å². The van der Waals surface area contributed by atoms with Crippen LogP contribution < -0.4 is 4.90 Å². The second-order valence-electron chi connectivity index (χ2n) is 9.58. The number of ketones is 1. The van der Waals surface area contributed by atoms with E-state index >= 15 is 0 Å². The molecule has 0 N–H and O–H groups in total. The second kappa shape index (κ2) is 7.24. The lowest BCUT2D eigenvalue weighted by Gasteiger charge is -2.37. The molecule has 5 aliphatic rings. The molecule has 2 saturated carbocycles. The molecule has 1 heterocycles. The van der Waals surface area contributed by atoms with Crippen LogP contribution in [0.3, 0.4) is 0 Å². The Hall–Kier alpha value is -3.54. The number of carbonyl (C=O) groups excluding carboxylic acids is 4. The fraction of sp³-hybridized carbons (Fsp3) is 0.333. The van der Waals surface area contributed by atoms with Gasteiger partial charge in [-0.15, -0.1) is 0 Å². The van der Waals surface area contributed by atoms with Gasteiger partial charge in [-0.3, -0.25) is 14.4 Å². The first-order chi connectivity index (χ1) is 15.9. The molecule has 2 bridgehead atoms. The van der Waals surface area contributed by atoms with E-state index in [1.54, 1.807) is 30.3 Å². The molecule has 1 saturated heterocycles. The van der Waals surface area contributed by atoms with Crippen LogP contribution in [0.5, 0.6) is 0 Å². The van der Waals surface area contributed by atoms with Crippen LogP contribution in [0, 0.1) is 42.4 Å². The average molecular weight is 441 g/mol. The van der Waals surface area contributed by atoms with E-state index in [4.69, 9.17) is 4.74 Å². The summed E-state index contributed by atoms with van der Waals surface area (Å²) in [6.07, 6.45) is 5.37. The zero-order valence-corrected chi connectivity index (χ0v) is 18.1. The Kier molecular flexibility index (Phi) is 4.41. The number of amides is 2. The summed E-state index contributed by atoms with van der Waals surface area (Å²) in [5, 5.41) is 0. The first kappa shape index (κ1) is 20.1. The normalized spacial score (nSPS) is 30.8. The van der Waals surface area contributed by atoms with E-state index in [2.05, 4.69) is 12.2 Å². The van der Waals surface area contributed by atoms with Crippen molar-refractivity contribution >= 4 is 29.3 Å². The van der Waals surface area contributed by atoms with Crippen LogP contribution in [-0.2, 0) is 14.3 Å². The average Bonchev–Trinajstić information content (AvgIpc) is 3.61. The van der Waals surface area contributed by atoms with E-state index < -0.39 is 5.97 Å². The summed E-state index contributed by atoms with van der Waals surface area (Å²) < 4.78 is 5.22. The van der Waals surface area contributed by atoms with Crippen molar-refractivity contribution in [3.8, 4) is 0 Å². The number of rotatable bonds is 5. The van der Waals surface area contributed by atoms with Gasteiger partial charge in [0.05, 0.1) is 23.1 Å². The van der Waals surface area contributed by atoms with Crippen LogP contribution in [0.2, 0.25) is 0 Å². The van der Waals surface area contributed by atoms with Gasteiger partial charge in [-0.1, -0.05) is 48.0 Å². The van der Waals surface area contributed by atoms with Crippen molar-refractivity contribution in [3.05, 3.63) is 77.4 Å². The Bertz CT molecular complexity index is 1190. The highest BCUT2D eigenvalue weighted by atomic mass is 16.5. The molecule has 0 aromatic heterocycles. The van der Waals surface area contributed by atoms with Gasteiger partial charge in [0.1, 0.15) is 0 Å². The Labute approximate surface area is 191 Å². The van der Waals surface area contributed by atoms with E-state index in [-0.39, 0.29) is 53.4 Å². The lowest BCUT2D eigenvalue weighted by Crippen LogP contribution is -2.40. The number of ether oxygens (including phenoxy) is 1. The van der Waals surface area contributed by atoms with Gasteiger partial charge in [0, 0.05) is 5.56 Å². The van der Waals surface area contributed by atoms with E-state index in [1.807, 2.05) is 19.1 Å². The van der Waals surface area contributed by atoms with Gasteiger partial charge in [-0.05, 0) is 55.2 Å². The van der Waals surface area contributed by atoms with Crippen LogP contribution in [0.15, 0.2) is 60.7 Å². The number of hydrogen-bond donors (Lipinski definition) is 0. The third kappa shape index (κ3) is 3.08. The van der Waals surface area contributed by atoms with Crippen molar-refractivity contribution in [3.63, 3.8) is 0 Å². The van der Waals surface area contributed by atoms with E-state index in [0.717, 1.165) is 12.0 Å². The molecule has 6 nitrogen and oxygen atoms in total. The van der Waals surface area contributed by atoms with Gasteiger partial charge in [0.2, 0.25) is 11.8 Å². The van der Waals surface area contributed by atoms with Crippen molar-refractivity contribution in [1.29, 1.82) is 0 Å². The molecule has 0 unspecified atom stereocenters. The highest BCUT2D eigenvalue weighted by molar-refractivity contribution is 6.23. The van der Waals surface area contributed by atoms with E-state index in [1.165, 1.54) is 11.0 Å². The smallest absolute Gasteiger partial charge is 0.338 e. The zero-order valence-electron chi connectivity index (χ0n) is 18.1. The molecule has 0 spiro atoms. The fourth-order valence-corrected chi connectivity index (χ4v) is 6.02. The first-order valence-electron chi connectivity index (χ1n) is 11.4. The summed E-state index contributed by atoms with van der Waals surface area (Å²) in [6.45, 7) is 1.55. The second-order valence-corrected chi connectivity index (χ2v) is 9.58. The Morgan fingerprint density at radius 1 is 0.909 bits per heavy atom. The molecule has 7 rings (SSSR count). The van der Waals surface area contributed by atoms with Crippen molar-refractivity contribution in [2.75, 3.05) is 11.5 Å². The number of benzene rings is 2. The monoisotopic (exact) mass is 441 g/mol. The summed E-state index contributed by atoms with van der Waals surface area (Å²) in [4.78, 5) is 52.8. The summed E-state index contributed by atoms with van der Waals surface area (Å²) in [5.41, 5.74) is 2.08. The Morgan fingerprint density at radius 2 is 1.55 bits per heavy atom. The maximum Gasteiger partial charge on any atom is 0.338 e. The Morgan fingerprint density at radius 3 is 2.18 bits per heavy atom. The number of Topliss-reactive ketones (excluding diaryl/α,β-unsaturated/α-hetero) is 1. The van der Waals surface area contributed by atoms with Gasteiger partial charge in [0.15, 0.2) is 12.4 Å². The summed E-state index contributed by atoms with van der Waals surface area (Å²) in [6, 6.07) is 13.4. The molecule has 6 heteroatoms. The molecule has 166 valence electrons. The number of hydrogen-bond acceptors (Lipinski definition) is 5. The van der Waals surface area contributed by atoms with Crippen molar-refractivity contribution < 1.29 is 23.9 Å². The number of nitrogens with zero attached hydrogens (tertiary/aromatic N) is 1. The summed E-state index contributed by atoms with van der Waals surface area (Å²) >= 11 is 0. The van der Waals surface area contributed by atoms with Gasteiger partial charge < -0.3 is 4.74 Å². The number of anilines is 1. The van der Waals surface area contributed by atoms with Gasteiger partial charge in [0.25, 0.3) is 0 Å². The maximum atomic E-state index is 13.3. The van der Waals surface area contributed by atoms with Gasteiger partial charge in [-0.25, -0.2) is 9.69 Å². The number of aryl methyl sites for hydroxylation is 1. The summed E-state index contributed by atoms with van der Waals surface area (Å²) in [7, 11) is 0. The minimum absolute atomic E-state index is 0.146. The molecular weight excluding hydrogens is 418 g/mol. The molecule has 1 aliphatic heterocycles. The minimum Gasteiger partial charge on any atom is -0.454 e. The molecule has 4 aliphatic carbocycles. The number of carbonyl (C=O) groups is 4. The fourth-order valence-electron chi connectivity index (χ4n) is 6.02. The van der Waals surface area contributed by atoms with Crippen LogP contribution in [-0.4, -0.2) is 30.2 Å². The van der Waals surface area contributed by atoms with Gasteiger partial charge >= 0.3 is 5.97 Å². The van der Waals surface area contributed by atoms with Crippen molar-refractivity contribution in [2.45, 2.75) is 13.3 Å². The molecule has 3 fully saturated rings. The molecule has 6 atom stereocenters. The quantitative estimate of drug-likeness (QED) is 0.307. The van der Waals surface area contributed by atoms with Crippen LogP contribution >= 0.6 is 0 Å². The van der Waals surface area contributed by atoms with E-state index in [9.17, 15) is 19.2 Å². The summed E-state index contributed by atoms with van der Waals surface area (Å²) in [5.74, 6) is -0.537. The number of imide groups is 1. The zero-order chi connectivity index (χ0) is 22.9. The molecule has 2 aromatic rings. The third-order valence-corrected chi connectivity index (χ3v) is 7.71. The predicted molar refractivity (Wildman–Crippen MR) is 119 cm³/mol. The molecule has 2 amide bonds. The van der Waals surface area contributed by atoms with Crippen molar-refractivity contribution in [1.82, 2.24) is 0 Å².